The third kappa shape index (κ3) is 5.61. The SMILES string of the molecule is CCCc1cccc(C(C)C)c1NC(=O)N1CCC2(CCN(C(=O)c3cc(Cl)nc(OC)c3)CC2)C1. The molecule has 194 valence electrons. The summed E-state index contributed by atoms with van der Waals surface area (Å²) in [5.74, 6) is 0.603. The molecular formula is C28H37ClN4O3. The summed E-state index contributed by atoms with van der Waals surface area (Å²) in [6.07, 6.45) is 4.69. The molecule has 2 aliphatic rings. The van der Waals surface area contributed by atoms with Crippen LogP contribution in [0.4, 0.5) is 10.5 Å². The van der Waals surface area contributed by atoms with E-state index in [0.717, 1.165) is 50.9 Å². The number of aryl methyl sites for hydroxylation is 1. The van der Waals surface area contributed by atoms with Crippen molar-refractivity contribution < 1.29 is 14.3 Å². The van der Waals surface area contributed by atoms with Gasteiger partial charge in [0.1, 0.15) is 5.15 Å². The smallest absolute Gasteiger partial charge is 0.321 e. The number of carbonyl (C=O) groups excluding carboxylic acids is 2. The lowest BCUT2D eigenvalue weighted by molar-refractivity contribution is 0.0594. The number of likely N-dealkylation sites (tertiary alicyclic amines) is 2. The van der Waals surface area contributed by atoms with E-state index in [4.69, 9.17) is 16.3 Å². The molecule has 1 spiro atoms. The number of hydrogen-bond donors (Lipinski definition) is 1. The Morgan fingerprint density at radius 1 is 1.14 bits per heavy atom. The van der Waals surface area contributed by atoms with Gasteiger partial charge in [0, 0.05) is 43.5 Å². The van der Waals surface area contributed by atoms with E-state index in [0.29, 0.717) is 30.5 Å². The Hall–Kier alpha value is -2.80. The summed E-state index contributed by atoms with van der Waals surface area (Å²) in [4.78, 5) is 34.3. The number of nitrogens with zero attached hydrogens (tertiary/aromatic N) is 3. The van der Waals surface area contributed by atoms with Crippen LogP contribution in [0.3, 0.4) is 0 Å². The van der Waals surface area contributed by atoms with Crippen LogP contribution in [0.25, 0.3) is 0 Å². The second-order valence-electron chi connectivity index (χ2n) is 10.4. The first-order valence-corrected chi connectivity index (χ1v) is 13.3. The van der Waals surface area contributed by atoms with Gasteiger partial charge in [0.15, 0.2) is 0 Å². The quantitative estimate of drug-likeness (QED) is 0.483. The summed E-state index contributed by atoms with van der Waals surface area (Å²) in [6, 6.07) is 9.51. The number of halogens is 1. The van der Waals surface area contributed by atoms with Crippen LogP contribution < -0.4 is 10.1 Å². The van der Waals surface area contributed by atoms with Crippen LogP contribution in [-0.2, 0) is 6.42 Å². The monoisotopic (exact) mass is 512 g/mol. The van der Waals surface area contributed by atoms with Crippen LogP contribution in [0.15, 0.2) is 30.3 Å². The fourth-order valence-corrected chi connectivity index (χ4v) is 5.70. The summed E-state index contributed by atoms with van der Waals surface area (Å²) in [7, 11) is 1.51. The van der Waals surface area contributed by atoms with Crippen molar-refractivity contribution in [3.05, 3.63) is 52.2 Å². The van der Waals surface area contributed by atoms with E-state index in [1.807, 2.05) is 9.80 Å². The second-order valence-corrected chi connectivity index (χ2v) is 10.8. The molecule has 2 fully saturated rings. The van der Waals surface area contributed by atoms with Crippen LogP contribution >= 0.6 is 11.6 Å². The minimum Gasteiger partial charge on any atom is -0.481 e. The number of aromatic nitrogens is 1. The lowest BCUT2D eigenvalue weighted by atomic mass is 9.77. The summed E-state index contributed by atoms with van der Waals surface area (Å²) >= 11 is 6.06. The van der Waals surface area contributed by atoms with E-state index >= 15 is 0 Å². The van der Waals surface area contributed by atoms with Gasteiger partial charge in [-0.05, 0) is 54.2 Å². The van der Waals surface area contributed by atoms with Gasteiger partial charge in [0.2, 0.25) is 5.88 Å². The van der Waals surface area contributed by atoms with Crippen LogP contribution in [0, 0.1) is 5.41 Å². The minimum atomic E-state index is -0.0613. The molecule has 8 heteroatoms. The van der Waals surface area contributed by atoms with Gasteiger partial charge in [-0.25, -0.2) is 9.78 Å². The molecule has 0 atom stereocenters. The van der Waals surface area contributed by atoms with E-state index < -0.39 is 0 Å². The zero-order valence-corrected chi connectivity index (χ0v) is 22.5. The van der Waals surface area contributed by atoms with E-state index in [1.54, 1.807) is 12.1 Å². The Kier molecular flexibility index (Phi) is 8.08. The molecule has 2 aliphatic heterocycles. The molecular weight excluding hydrogens is 476 g/mol. The van der Waals surface area contributed by atoms with Gasteiger partial charge < -0.3 is 19.9 Å². The number of nitrogens with one attached hydrogen (secondary N) is 1. The van der Waals surface area contributed by atoms with E-state index in [1.165, 1.54) is 18.2 Å². The fourth-order valence-electron chi connectivity index (χ4n) is 5.50. The first kappa shape index (κ1) is 26.3. The van der Waals surface area contributed by atoms with E-state index in [-0.39, 0.29) is 22.5 Å². The Morgan fingerprint density at radius 2 is 1.83 bits per heavy atom. The maximum atomic E-state index is 13.3. The molecule has 1 aromatic heterocycles. The van der Waals surface area contributed by atoms with Crippen molar-refractivity contribution in [1.29, 1.82) is 0 Å². The Balaban J connectivity index is 1.39. The summed E-state index contributed by atoms with van der Waals surface area (Å²) in [5.41, 5.74) is 3.91. The zero-order valence-electron chi connectivity index (χ0n) is 21.8. The molecule has 4 rings (SSSR count). The van der Waals surface area contributed by atoms with Gasteiger partial charge in [-0.2, -0.15) is 0 Å². The highest BCUT2D eigenvalue weighted by atomic mass is 35.5. The van der Waals surface area contributed by atoms with E-state index in [9.17, 15) is 9.59 Å². The number of piperidine rings is 1. The molecule has 0 radical (unpaired) electrons. The number of hydrogen-bond acceptors (Lipinski definition) is 4. The predicted octanol–water partition coefficient (Wildman–Crippen LogP) is 5.98. The van der Waals surface area contributed by atoms with Gasteiger partial charge >= 0.3 is 6.03 Å². The molecule has 0 saturated carbocycles. The minimum absolute atomic E-state index is 0.0191. The van der Waals surface area contributed by atoms with Crippen LogP contribution in [0.1, 0.15) is 73.9 Å². The lowest BCUT2D eigenvalue weighted by Crippen LogP contribution is -2.45. The third-order valence-corrected chi connectivity index (χ3v) is 7.81. The molecule has 36 heavy (non-hydrogen) atoms. The Bertz CT molecular complexity index is 1110. The number of ether oxygens (including phenoxy) is 1. The van der Waals surface area contributed by atoms with Crippen molar-refractivity contribution in [2.24, 2.45) is 5.41 Å². The number of amides is 3. The van der Waals surface area contributed by atoms with E-state index in [2.05, 4.69) is 49.3 Å². The summed E-state index contributed by atoms with van der Waals surface area (Å²) in [5, 5.41) is 3.51. The molecule has 3 amide bonds. The zero-order chi connectivity index (χ0) is 25.9. The van der Waals surface area contributed by atoms with Gasteiger partial charge in [0.05, 0.1) is 7.11 Å². The third-order valence-electron chi connectivity index (χ3n) is 7.62. The van der Waals surface area contributed by atoms with Gasteiger partial charge in [-0.1, -0.05) is 57.0 Å². The summed E-state index contributed by atoms with van der Waals surface area (Å²) < 4.78 is 5.16. The summed E-state index contributed by atoms with van der Waals surface area (Å²) in [6.45, 7) is 9.27. The second kappa shape index (κ2) is 11.1. The first-order valence-electron chi connectivity index (χ1n) is 12.9. The van der Waals surface area contributed by atoms with Crippen molar-refractivity contribution in [3.63, 3.8) is 0 Å². The highest BCUT2D eigenvalue weighted by Crippen LogP contribution is 2.41. The maximum absolute atomic E-state index is 13.3. The average molecular weight is 513 g/mol. The maximum Gasteiger partial charge on any atom is 0.321 e. The molecule has 1 aromatic carbocycles. The van der Waals surface area contributed by atoms with Crippen LogP contribution in [-0.4, -0.2) is 60.0 Å². The van der Waals surface area contributed by atoms with Gasteiger partial charge in [-0.15, -0.1) is 0 Å². The number of methoxy groups -OCH3 is 1. The number of pyridine rings is 1. The Labute approximate surface area is 219 Å². The standard InChI is InChI=1S/C28H37ClN4O3/c1-5-7-20-8-6-9-22(19(2)3)25(20)31-27(35)33-15-12-28(18-33)10-13-32(14-11-28)26(34)21-16-23(29)30-24(17-21)36-4/h6,8-9,16-17,19H,5,7,10-15,18H2,1-4H3,(H,31,35). The topological polar surface area (TPSA) is 74.8 Å². The molecule has 7 nitrogen and oxygen atoms in total. The van der Waals surface area contributed by atoms with Crippen LogP contribution in [0.5, 0.6) is 5.88 Å². The van der Waals surface area contributed by atoms with Crippen molar-refractivity contribution >= 4 is 29.2 Å². The predicted molar refractivity (Wildman–Crippen MR) is 143 cm³/mol. The molecule has 0 bridgehead atoms. The highest BCUT2D eigenvalue weighted by molar-refractivity contribution is 6.29. The number of anilines is 1. The van der Waals surface area contributed by atoms with Crippen molar-refractivity contribution in [2.75, 3.05) is 38.6 Å². The van der Waals surface area contributed by atoms with Crippen molar-refractivity contribution in [2.45, 2.75) is 58.8 Å². The van der Waals surface area contributed by atoms with Crippen LogP contribution in [0.2, 0.25) is 5.15 Å². The normalized spacial score (nSPS) is 17.1. The first-order chi connectivity index (χ1) is 17.2. The van der Waals surface area contributed by atoms with Crippen molar-refractivity contribution in [3.8, 4) is 5.88 Å². The molecule has 0 aliphatic carbocycles. The largest absolute Gasteiger partial charge is 0.481 e. The number of carbonyl (C=O) groups is 2. The number of rotatable bonds is 6. The molecule has 2 aromatic rings. The molecule has 3 heterocycles. The number of urea groups is 1. The number of benzene rings is 1. The van der Waals surface area contributed by atoms with Gasteiger partial charge in [-0.3, -0.25) is 4.79 Å². The fraction of sp³-hybridized carbons (Fsp3) is 0.536. The lowest BCUT2D eigenvalue weighted by Gasteiger charge is -2.39. The number of para-hydroxylation sites is 1. The highest BCUT2D eigenvalue weighted by Gasteiger charge is 2.43. The van der Waals surface area contributed by atoms with Gasteiger partial charge in [0.25, 0.3) is 5.91 Å². The molecule has 2 saturated heterocycles. The average Bonchev–Trinajstić information content (AvgIpc) is 3.28. The molecule has 0 unspecified atom stereocenters. The van der Waals surface area contributed by atoms with Crippen molar-refractivity contribution in [1.82, 2.24) is 14.8 Å². The Morgan fingerprint density at radius 3 is 2.47 bits per heavy atom. The molecule has 1 N–H and O–H groups in total.